The highest BCUT2D eigenvalue weighted by atomic mass is 16.5. The number of aromatic nitrogens is 5. The molecule has 2 aromatic heterocycles. The Hall–Kier alpha value is -4.72. The van der Waals surface area contributed by atoms with Crippen molar-refractivity contribution in [3.63, 3.8) is 0 Å². The molecule has 5 aromatic rings. The molecule has 0 fully saturated rings. The minimum atomic E-state index is 0.0525. The first-order valence-corrected chi connectivity index (χ1v) is 13.1. The molecule has 5 rings (SSSR count). The Morgan fingerprint density at radius 1 is 1.03 bits per heavy atom. The summed E-state index contributed by atoms with van der Waals surface area (Å²) in [6, 6.07) is 26.3. The number of tetrazole rings is 1. The molecule has 1 N–H and O–H groups in total. The van der Waals surface area contributed by atoms with Crippen molar-refractivity contribution in [2.45, 2.75) is 32.9 Å². The summed E-state index contributed by atoms with van der Waals surface area (Å²) in [6.07, 6.45) is 5.63. The van der Waals surface area contributed by atoms with Crippen molar-refractivity contribution < 1.29 is 9.53 Å². The van der Waals surface area contributed by atoms with Gasteiger partial charge in [-0.15, -0.1) is 10.2 Å². The normalized spacial score (nSPS) is 11.6. The van der Waals surface area contributed by atoms with Crippen LogP contribution in [0.2, 0.25) is 0 Å². The van der Waals surface area contributed by atoms with Crippen LogP contribution in [0.1, 0.15) is 35.9 Å². The van der Waals surface area contributed by atoms with Gasteiger partial charge >= 0.3 is 0 Å². The smallest absolute Gasteiger partial charge is 0.242 e. The van der Waals surface area contributed by atoms with Gasteiger partial charge in [-0.1, -0.05) is 67.6 Å². The van der Waals surface area contributed by atoms with E-state index in [1.165, 1.54) is 5.56 Å². The van der Waals surface area contributed by atoms with E-state index in [0.717, 1.165) is 46.2 Å². The fraction of sp³-hybridized carbons (Fsp3) is 0.226. The van der Waals surface area contributed by atoms with Crippen molar-refractivity contribution in [2.75, 3.05) is 13.6 Å². The predicted molar refractivity (Wildman–Crippen MR) is 153 cm³/mol. The second kappa shape index (κ2) is 12.2. The van der Waals surface area contributed by atoms with E-state index >= 15 is 0 Å². The fourth-order valence-electron chi connectivity index (χ4n) is 4.52. The van der Waals surface area contributed by atoms with Crippen LogP contribution in [-0.2, 0) is 24.4 Å². The number of hydrogen-bond donors (Lipinski definition) is 1. The number of H-pyrrole nitrogens is 1. The fourth-order valence-corrected chi connectivity index (χ4v) is 4.52. The van der Waals surface area contributed by atoms with Crippen molar-refractivity contribution in [1.29, 1.82) is 0 Å². The van der Waals surface area contributed by atoms with Gasteiger partial charge in [0.15, 0.2) is 0 Å². The Balaban J connectivity index is 1.41. The molecule has 2 heterocycles. The zero-order valence-corrected chi connectivity index (χ0v) is 22.2. The van der Waals surface area contributed by atoms with Gasteiger partial charge in [0.2, 0.25) is 11.7 Å². The largest absolute Gasteiger partial charge is 0.489 e. The van der Waals surface area contributed by atoms with Crippen molar-refractivity contribution in [3.05, 3.63) is 108 Å². The first-order chi connectivity index (χ1) is 19.1. The molecule has 0 saturated carbocycles. The van der Waals surface area contributed by atoms with E-state index in [9.17, 15) is 4.79 Å². The number of carbonyl (C=O) groups excluding carboxylic acids is 1. The molecule has 198 valence electrons. The first-order valence-electron chi connectivity index (χ1n) is 13.1. The maximum Gasteiger partial charge on any atom is 0.242 e. The molecule has 0 radical (unpaired) electrons. The molecule has 0 unspecified atom stereocenters. The molecule has 1 amide bonds. The zero-order chi connectivity index (χ0) is 27.0. The molecule has 0 spiro atoms. The number of nitrogens with one attached hydrogen (secondary N) is 1. The lowest BCUT2D eigenvalue weighted by molar-refractivity contribution is -0.130. The third kappa shape index (κ3) is 6.41. The number of rotatable bonds is 11. The Kier molecular flexibility index (Phi) is 8.12. The topological polar surface area (TPSA) is 88.9 Å². The zero-order valence-electron chi connectivity index (χ0n) is 22.2. The van der Waals surface area contributed by atoms with Crippen LogP contribution in [0, 0.1) is 0 Å². The summed E-state index contributed by atoms with van der Waals surface area (Å²) < 4.78 is 8.12. The maximum atomic E-state index is 13.2. The van der Waals surface area contributed by atoms with Gasteiger partial charge in [-0.25, -0.2) is 0 Å². The van der Waals surface area contributed by atoms with Gasteiger partial charge in [0.25, 0.3) is 0 Å². The van der Waals surface area contributed by atoms with Crippen LogP contribution in [0.5, 0.6) is 5.75 Å². The molecule has 0 aliphatic heterocycles. The SMILES string of the molecule is CCC(=Cc1cn(CC(=O)N(C)CCc2ccccc2)c2ccc(OCc3ccccc3)cc12)c1nn[nH]n1. The van der Waals surface area contributed by atoms with E-state index in [0.29, 0.717) is 19.0 Å². The maximum absolute atomic E-state index is 13.2. The lowest BCUT2D eigenvalue weighted by atomic mass is 10.1. The van der Waals surface area contributed by atoms with Crippen LogP contribution < -0.4 is 4.74 Å². The molecule has 3 aromatic carbocycles. The summed E-state index contributed by atoms with van der Waals surface area (Å²) in [5, 5.41) is 15.6. The van der Waals surface area contributed by atoms with Gasteiger partial charge < -0.3 is 14.2 Å². The van der Waals surface area contributed by atoms with Crippen LogP contribution >= 0.6 is 0 Å². The summed E-state index contributed by atoms with van der Waals surface area (Å²) >= 11 is 0. The van der Waals surface area contributed by atoms with E-state index in [-0.39, 0.29) is 12.5 Å². The third-order valence-electron chi connectivity index (χ3n) is 6.78. The average molecular weight is 521 g/mol. The quantitative estimate of drug-likeness (QED) is 0.252. The Morgan fingerprint density at radius 3 is 2.46 bits per heavy atom. The number of aromatic amines is 1. The Bertz CT molecular complexity index is 1540. The van der Waals surface area contributed by atoms with Crippen LogP contribution in [-0.4, -0.2) is 49.6 Å². The van der Waals surface area contributed by atoms with Gasteiger partial charge in [0.05, 0.1) is 0 Å². The molecule has 0 saturated heterocycles. The molecule has 39 heavy (non-hydrogen) atoms. The number of fused-ring (bicyclic) bond motifs is 1. The number of ether oxygens (including phenoxy) is 1. The van der Waals surface area contributed by atoms with Crippen LogP contribution in [0.15, 0.2) is 85.1 Å². The third-order valence-corrected chi connectivity index (χ3v) is 6.78. The number of amides is 1. The van der Waals surface area contributed by atoms with E-state index in [4.69, 9.17) is 4.74 Å². The van der Waals surface area contributed by atoms with Gasteiger partial charge in [-0.2, -0.15) is 5.21 Å². The van der Waals surface area contributed by atoms with Crippen molar-refractivity contribution in [1.82, 2.24) is 30.1 Å². The highest BCUT2D eigenvalue weighted by molar-refractivity contribution is 5.95. The van der Waals surface area contributed by atoms with Gasteiger partial charge in [-0.3, -0.25) is 4.79 Å². The number of likely N-dealkylation sites (N-methyl/N-ethyl adjacent to an activating group) is 1. The summed E-state index contributed by atoms with van der Waals surface area (Å²) in [5.41, 5.74) is 5.19. The van der Waals surface area contributed by atoms with E-state index in [2.05, 4.69) is 45.8 Å². The Labute approximate surface area is 227 Å². The average Bonchev–Trinajstić information content (AvgIpc) is 3.63. The second-order valence-corrected chi connectivity index (χ2v) is 9.48. The van der Waals surface area contributed by atoms with Crippen molar-refractivity contribution >= 4 is 28.5 Å². The summed E-state index contributed by atoms with van der Waals surface area (Å²) in [4.78, 5) is 15.0. The highest BCUT2D eigenvalue weighted by Gasteiger charge is 2.16. The molecule has 8 nitrogen and oxygen atoms in total. The van der Waals surface area contributed by atoms with Gasteiger partial charge in [0, 0.05) is 41.8 Å². The highest BCUT2D eigenvalue weighted by Crippen LogP contribution is 2.30. The van der Waals surface area contributed by atoms with E-state index < -0.39 is 0 Å². The van der Waals surface area contributed by atoms with Gasteiger partial charge in [0.1, 0.15) is 18.9 Å². The predicted octanol–water partition coefficient (Wildman–Crippen LogP) is 5.39. The van der Waals surface area contributed by atoms with Gasteiger partial charge in [-0.05, 0) is 53.5 Å². The first kappa shape index (κ1) is 25.9. The standard InChI is InChI=1S/C31H32N6O2/c1-3-25(31-32-34-35-33-31)18-26-20-37(21-30(38)36(2)17-16-23-10-6-4-7-11-23)29-15-14-27(19-28(26)29)39-22-24-12-8-5-9-13-24/h4-15,18-20H,3,16-17,21-22H2,1-2H3,(H,32,33,34,35). The number of hydrogen-bond acceptors (Lipinski definition) is 5. The van der Waals surface area contributed by atoms with Crippen LogP contribution in [0.25, 0.3) is 22.6 Å². The Morgan fingerprint density at radius 2 is 1.77 bits per heavy atom. The molecule has 0 aliphatic carbocycles. The molecule has 0 aliphatic rings. The second-order valence-electron chi connectivity index (χ2n) is 9.48. The summed E-state index contributed by atoms with van der Waals surface area (Å²) in [6.45, 7) is 3.43. The van der Waals surface area contributed by atoms with E-state index in [1.807, 2.05) is 84.5 Å². The minimum Gasteiger partial charge on any atom is -0.489 e. The molecular formula is C31H32N6O2. The lowest BCUT2D eigenvalue weighted by Crippen LogP contribution is -2.31. The molecule has 0 atom stereocenters. The van der Waals surface area contributed by atoms with Crippen LogP contribution in [0.3, 0.4) is 0 Å². The van der Waals surface area contributed by atoms with E-state index in [1.54, 1.807) is 4.90 Å². The van der Waals surface area contributed by atoms with Crippen molar-refractivity contribution in [3.8, 4) is 5.75 Å². The summed E-state index contributed by atoms with van der Waals surface area (Å²) in [7, 11) is 1.86. The number of allylic oxidation sites excluding steroid dienone is 1. The monoisotopic (exact) mass is 520 g/mol. The molecule has 8 heteroatoms. The van der Waals surface area contributed by atoms with Crippen molar-refractivity contribution in [2.24, 2.45) is 0 Å². The molecule has 0 bridgehead atoms. The summed E-state index contributed by atoms with van der Waals surface area (Å²) in [5.74, 6) is 1.38. The number of carbonyl (C=O) groups is 1. The lowest BCUT2D eigenvalue weighted by Gasteiger charge is -2.18. The minimum absolute atomic E-state index is 0.0525. The van der Waals surface area contributed by atoms with Crippen LogP contribution in [0.4, 0.5) is 0 Å². The number of nitrogens with zero attached hydrogens (tertiary/aromatic N) is 5. The molecular weight excluding hydrogens is 488 g/mol. The number of benzene rings is 3.